The van der Waals surface area contributed by atoms with Crippen LogP contribution < -0.4 is 10.6 Å². The highest BCUT2D eigenvalue weighted by Gasteiger charge is 2.27. The van der Waals surface area contributed by atoms with Gasteiger partial charge in [0.05, 0.1) is 0 Å². The Morgan fingerprint density at radius 1 is 1.09 bits per heavy atom. The molecular weight excluding hydrogens is 308 g/mol. The Morgan fingerprint density at radius 3 is 2.48 bits per heavy atom. The van der Waals surface area contributed by atoms with Crippen molar-refractivity contribution in [3.05, 3.63) is 35.9 Å². The molecule has 2 aliphatic rings. The van der Waals surface area contributed by atoms with Crippen LogP contribution in [0.5, 0.6) is 0 Å². The van der Waals surface area contributed by atoms with E-state index in [0.29, 0.717) is 5.92 Å². The van der Waals surface area contributed by atoms with Crippen molar-refractivity contribution < 1.29 is 4.79 Å². The molecule has 2 N–H and O–H groups in total. The van der Waals surface area contributed by atoms with Gasteiger partial charge in [-0.1, -0.05) is 30.3 Å². The molecule has 1 aliphatic heterocycles. The lowest BCUT2D eigenvalue weighted by molar-refractivity contribution is -0.126. The first-order valence-corrected chi connectivity index (χ1v) is 8.86. The summed E-state index contributed by atoms with van der Waals surface area (Å²) in [6, 6.07) is 10.8. The maximum Gasteiger partial charge on any atom is 0.223 e. The number of rotatable bonds is 5. The summed E-state index contributed by atoms with van der Waals surface area (Å²) in [6.45, 7) is 3.12. The van der Waals surface area contributed by atoms with E-state index in [9.17, 15) is 4.79 Å². The first kappa shape index (κ1) is 18.3. The van der Waals surface area contributed by atoms with Gasteiger partial charge < -0.3 is 10.6 Å². The summed E-state index contributed by atoms with van der Waals surface area (Å²) in [6.07, 6.45) is 6.76. The van der Waals surface area contributed by atoms with E-state index in [1.54, 1.807) is 0 Å². The van der Waals surface area contributed by atoms with Crippen LogP contribution >= 0.6 is 12.4 Å². The molecule has 1 saturated carbocycles. The number of hydrogen-bond acceptors (Lipinski definition) is 2. The van der Waals surface area contributed by atoms with Gasteiger partial charge in [-0.2, -0.15) is 0 Å². The molecule has 3 rings (SSSR count). The lowest BCUT2D eigenvalue weighted by atomic mass is 9.78. The van der Waals surface area contributed by atoms with Gasteiger partial charge in [0.1, 0.15) is 0 Å². The highest BCUT2D eigenvalue weighted by molar-refractivity contribution is 5.85. The molecule has 1 aromatic carbocycles. The molecule has 128 valence electrons. The fraction of sp³-hybridized carbons (Fsp3) is 0.632. The van der Waals surface area contributed by atoms with Crippen LogP contribution in [0.4, 0.5) is 0 Å². The third kappa shape index (κ3) is 5.22. The highest BCUT2D eigenvalue weighted by atomic mass is 35.5. The summed E-state index contributed by atoms with van der Waals surface area (Å²) in [7, 11) is 0. The zero-order valence-corrected chi connectivity index (χ0v) is 14.6. The van der Waals surface area contributed by atoms with E-state index in [1.165, 1.54) is 12.0 Å². The SMILES string of the molecule is Cl.O=C(NCCC1CCNC1)C1CCC(c2ccccc2)CC1. The van der Waals surface area contributed by atoms with E-state index >= 15 is 0 Å². The Kier molecular flexibility index (Phi) is 7.38. The van der Waals surface area contributed by atoms with Crippen LogP contribution in [0.25, 0.3) is 0 Å². The Balaban J connectivity index is 0.00000192. The topological polar surface area (TPSA) is 41.1 Å². The van der Waals surface area contributed by atoms with Gasteiger partial charge >= 0.3 is 0 Å². The molecule has 23 heavy (non-hydrogen) atoms. The van der Waals surface area contributed by atoms with Gasteiger partial charge in [-0.05, 0) is 69.0 Å². The Morgan fingerprint density at radius 2 is 1.83 bits per heavy atom. The number of benzene rings is 1. The number of amides is 1. The average molecular weight is 337 g/mol. The molecule has 3 nitrogen and oxygen atoms in total. The molecule has 1 unspecified atom stereocenters. The molecule has 0 spiro atoms. The maximum atomic E-state index is 12.3. The van der Waals surface area contributed by atoms with Crippen molar-refractivity contribution in [2.75, 3.05) is 19.6 Å². The van der Waals surface area contributed by atoms with Gasteiger partial charge in [0.2, 0.25) is 5.91 Å². The van der Waals surface area contributed by atoms with Crippen LogP contribution in [-0.4, -0.2) is 25.5 Å². The minimum absolute atomic E-state index is 0. The summed E-state index contributed by atoms with van der Waals surface area (Å²) in [4.78, 5) is 12.3. The number of carbonyl (C=O) groups is 1. The van der Waals surface area contributed by atoms with Gasteiger partial charge in [-0.15, -0.1) is 12.4 Å². The van der Waals surface area contributed by atoms with E-state index in [4.69, 9.17) is 0 Å². The zero-order valence-electron chi connectivity index (χ0n) is 13.8. The average Bonchev–Trinajstić information content (AvgIpc) is 3.09. The third-order valence-electron chi connectivity index (χ3n) is 5.38. The van der Waals surface area contributed by atoms with E-state index in [2.05, 4.69) is 41.0 Å². The van der Waals surface area contributed by atoms with Crippen molar-refractivity contribution in [3.63, 3.8) is 0 Å². The normalized spacial score (nSPS) is 27.2. The van der Waals surface area contributed by atoms with Crippen molar-refractivity contribution in [2.24, 2.45) is 11.8 Å². The van der Waals surface area contributed by atoms with Gasteiger partial charge in [0.25, 0.3) is 0 Å². The predicted molar refractivity (Wildman–Crippen MR) is 97.0 cm³/mol. The molecule has 1 saturated heterocycles. The van der Waals surface area contributed by atoms with Gasteiger partial charge in [-0.3, -0.25) is 4.79 Å². The Hall–Kier alpha value is -1.06. The molecule has 0 bridgehead atoms. The molecule has 1 atom stereocenters. The van der Waals surface area contributed by atoms with Gasteiger partial charge in [0, 0.05) is 12.5 Å². The number of halogens is 1. The number of carbonyl (C=O) groups excluding carboxylic acids is 1. The van der Waals surface area contributed by atoms with Gasteiger partial charge in [0.15, 0.2) is 0 Å². The lowest BCUT2D eigenvalue weighted by Gasteiger charge is -2.28. The van der Waals surface area contributed by atoms with Crippen LogP contribution in [0.1, 0.15) is 50.0 Å². The van der Waals surface area contributed by atoms with Crippen LogP contribution in [0.3, 0.4) is 0 Å². The first-order valence-electron chi connectivity index (χ1n) is 8.86. The monoisotopic (exact) mass is 336 g/mol. The second kappa shape index (κ2) is 9.29. The predicted octanol–water partition coefficient (Wildman–Crippen LogP) is 3.50. The molecular formula is C19H29ClN2O. The van der Waals surface area contributed by atoms with Crippen molar-refractivity contribution in [1.82, 2.24) is 10.6 Å². The highest BCUT2D eigenvalue weighted by Crippen LogP contribution is 2.35. The first-order chi connectivity index (χ1) is 10.8. The second-order valence-corrected chi connectivity index (χ2v) is 6.90. The Labute approximate surface area is 146 Å². The van der Waals surface area contributed by atoms with Crippen molar-refractivity contribution >= 4 is 18.3 Å². The van der Waals surface area contributed by atoms with E-state index in [1.807, 2.05) is 0 Å². The second-order valence-electron chi connectivity index (χ2n) is 6.90. The van der Waals surface area contributed by atoms with E-state index < -0.39 is 0 Å². The zero-order chi connectivity index (χ0) is 15.2. The van der Waals surface area contributed by atoms with Crippen LogP contribution in [-0.2, 0) is 4.79 Å². The molecule has 1 heterocycles. The quantitative estimate of drug-likeness (QED) is 0.864. The van der Waals surface area contributed by atoms with Crippen LogP contribution in [0.15, 0.2) is 30.3 Å². The third-order valence-corrected chi connectivity index (χ3v) is 5.38. The minimum Gasteiger partial charge on any atom is -0.356 e. The smallest absolute Gasteiger partial charge is 0.223 e. The molecule has 1 aliphatic carbocycles. The summed E-state index contributed by atoms with van der Waals surface area (Å²) in [5.41, 5.74) is 1.44. The summed E-state index contributed by atoms with van der Waals surface area (Å²) >= 11 is 0. The lowest BCUT2D eigenvalue weighted by Crippen LogP contribution is -2.34. The molecule has 1 aromatic rings. The fourth-order valence-corrected chi connectivity index (χ4v) is 3.92. The van der Waals surface area contributed by atoms with E-state index in [0.717, 1.165) is 57.7 Å². The summed E-state index contributed by atoms with van der Waals surface area (Å²) in [5, 5.41) is 6.55. The molecule has 0 aromatic heterocycles. The maximum absolute atomic E-state index is 12.3. The largest absolute Gasteiger partial charge is 0.356 e. The summed E-state index contributed by atoms with van der Waals surface area (Å²) in [5.74, 6) is 1.93. The van der Waals surface area contributed by atoms with Crippen molar-refractivity contribution in [2.45, 2.75) is 44.4 Å². The van der Waals surface area contributed by atoms with Crippen LogP contribution in [0, 0.1) is 11.8 Å². The van der Waals surface area contributed by atoms with Crippen LogP contribution in [0.2, 0.25) is 0 Å². The molecule has 2 fully saturated rings. The number of hydrogen-bond donors (Lipinski definition) is 2. The van der Waals surface area contributed by atoms with Gasteiger partial charge in [-0.25, -0.2) is 0 Å². The fourth-order valence-electron chi connectivity index (χ4n) is 3.92. The molecule has 4 heteroatoms. The molecule has 0 radical (unpaired) electrons. The Bertz CT molecular complexity index is 466. The number of nitrogens with one attached hydrogen (secondary N) is 2. The molecule has 1 amide bonds. The minimum atomic E-state index is 0. The van der Waals surface area contributed by atoms with Crippen molar-refractivity contribution in [3.8, 4) is 0 Å². The standard InChI is InChI=1S/C19H28N2O.ClH/c22-19(21-13-11-15-10-12-20-14-15)18-8-6-17(7-9-18)16-4-2-1-3-5-16;/h1-5,15,17-18,20H,6-14H2,(H,21,22);1H. The van der Waals surface area contributed by atoms with Crippen molar-refractivity contribution in [1.29, 1.82) is 0 Å². The summed E-state index contributed by atoms with van der Waals surface area (Å²) < 4.78 is 0. The van der Waals surface area contributed by atoms with E-state index in [-0.39, 0.29) is 24.2 Å².